The minimum Gasteiger partial charge on any atom is -0.395 e. The van der Waals surface area contributed by atoms with Crippen LogP contribution in [0.2, 0.25) is 0 Å². The van der Waals surface area contributed by atoms with Crippen molar-refractivity contribution in [1.29, 1.82) is 0 Å². The normalized spacial score (nSPS) is 17.5. The van der Waals surface area contributed by atoms with Gasteiger partial charge in [-0.2, -0.15) is 0 Å². The number of carbonyl (C=O) groups excluding carboxylic acids is 1. The molecule has 0 aromatic carbocycles. The third-order valence-corrected chi connectivity index (χ3v) is 2.97. The van der Waals surface area contributed by atoms with E-state index in [1.54, 1.807) is 12.0 Å². The van der Waals surface area contributed by atoms with Crippen molar-refractivity contribution in [1.82, 2.24) is 4.90 Å². The molecule has 88 valence electrons. The van der Waals surface area contributed by atoms with Gasteiger partial charge in [0.2, 0.25) is 5.91 Å². The molecule has 0 aliphatic heterocycles. The zero-order valence-electron chi connectivity index (χ0n) is 9.61. The first-order valence-electron chi connectivity index (χ1n) is 5.59. The maximum Gasteiger partial charge on any atom is 0.225 e. The van der Waals surface area contributed by atoms with Crippen LogP contribution >= 0.6 is 0 Å². The van der Waals surface area contributed by atoms with Gasteiger partial charge in [0.15, 0.2) is 0 Å². The van der Waals surface area contributed by atoms with Crippen LogP contribution in [0.3, 0.4) is 0 Å². The lowest BCUT2D eigenvalue weighted by molar-refractivity contribution is -0.136. The van der Waals surface area contributed by atoms with Crippen LogP contribution in [0.25, 0.3) is 0 Å². The summed E-state index contributed by atoms with van der Waals surface area (Å²) in [6.07, 6.45) is 2.34. The molecule has 1 unspecified atom stereocenters. The maximum absolute atomic E-state index is 12.0. The van der Waals surface area contributed by atoms with E-state index in [1.807, 2.05) is 6.92 Å². The Kier molecular flexibility index (Phi) is 5.05. The van der Waals surface area contributed by atoms with Gasteiger partial charge in [0, 0.05) is 26.1 Å². The van der Waals surface area contributed by atoms with Crippen molar-refractivity contribution in [2.45, 2.75) is 19.8 Å². The van der Waals surface area contributed by atoms with E-state index in [0.29, 0.717) is 25.6 Å². The Bertz CT molecular complexity index is 204. The second-order valence-corrected chi connectivity index (χ2v) is 4.17. The summed E-state index contributed by atoms with van der Waals surface area (Å²) in [6.45, 7) is 3.53. The summed E-state index contributed by atoms with van der Waals surface area (Å²) in [5.41, 5.74) is 0. The summed E-state index contributed by atoms with van der Waals surface area (Å²) < 4.78 is 4.95. The summed E-state index contributed by atoms with van der Waals surface area (Å²) in [7, 11) is 1.62. The Morgan fingerprint density at radius 2 is 2.20 bits per heavy atom. The topological polar surface area (TPSA) is 49.8 Å². The van der Waals surface area contributed by atoms with E-state index < -0.39 is 0 Å². The summed E-state index contributed by atoms with van der Waals surface area (Å²) >= 11 is 0. The van der Waals surface area contributed by atoms with Gasteiger partial charge in [-0.25, -0.2) is 0 Å². The van der Waals surface area contributed by atoms with Crippen LogP contribution in [-0.4, -0.2) is 49.3 Å². The zero-order chi connectivity index (χ0) is 11.3. The first kappa shape index (κ1) is 12.5. The smallest absolute Gasteiger partial charge is 0.225 e. The molecule has 1 fully saturated rings. The molecule has 1 rings (SSSR count). The molecule has 0 spiro atoms. The third kappa shape index (κ3) is 3.80. The van der Waals surface area contributed by atoms with Gasteiger partial charge in [0.1, 0.15) is 0 Å². The van der Waals surface area contributed by atoms with Crippen LogP contribution in [0.5, 0.6) is 0 Å². The predicted molar refractivity (Wildman–Crippen MR) is 57.4 cm³/mol. The van der Waals surface area contributed by atoms with Crippen LogP contribution in [-0.2, 0) is 9.53 Å². The number of nitrogens with zero attached hydrogens (tertiary/aromatic N) is 1. The van der Waals surface area contributed by atoms with Gasteiger partial charge < -0.3 is 14.7 Å². The molecule has 1 atom stereocenters. The van der Waals surface area contributed by atoms with E-state index in [-0.39, 0.29) is 18.4 Å². The number of amides is 1. The highest BCUT2D eigenvalue weighted by Crippen LogP contribution is 2.37. The number of hydrogen-bond donors (Lipinski definition) is 1. The molecular weight excluding hydrogens is 194 g/mol. The van der Waals surface area contributed by atoms with E-state index in [0.717, 1.165) is 0 Å². The zero-order valence-corrected chi connectivity index (χ0v) is 9.61. The molecule has 1 N–H and O–H groups in total. The molecule has 0 bridgehead atoms. The van der Waals surface area contributed by atoms with E-state index >= 15 is 0 Å². The predicted octanol–water partition coefficient (Wildman–Crippen LogP) is 0.500. The Morgan fingerprint density at radius 1 is 1.53 bits per heavy atom. The lowest BCUT2D eigenvalue weighted by atomic mass is 10.1. The van der Waals surface area contributed by atoms with Crippen molar-refractivity contribution in [2.75, 3.05) is 33.4 Å². The van der Waals surface area contributed by atoms with Crippen molar-refractivity contribution in [3.05, 3.63) is 0 Å². The van der Waals surface area contributed by atoms with Crippen molar-refractivity contribution in [3.8, 4) is 0 Å². The highest BCUT2D eigenvalue weighted by Gasteiger charge is 2.34. The number of aliphatic hydroxyl groups is 1. The molecule has 0 heterocycles. The molecule has 1 aliphatic carbocycles. The van der Waals surface area contributed by atoms with Crippen molar-refractivity contribution in [2.24, 2.45) is 11.8 Å². The number of methoxy groups -OCH3 is 1. The monoisotopic (exact) mass is 215 g/mol. The number of rotatable bonds is 7. The fraction of sp³-hybridized carbons (Fsp3) is 0.909. The van der Waals surface area contributed by atoms with Crippen LogP contribution < -0.4 is 0 Å². The average molecular weight is 215 g/mol. The highest BCUT2D eigenvalue weighted by atomic mass is 16.5. The van der Waals surface area contributed by atoms with Crippen LogP contribution in [0.15, 0.2) is 0 Å². The Labute approximate surface area is 91.2 Å². The first-order valence-corrected chi connectivity index (χ1v) is 5.59. The van der Waals surface area contributed by atoms with Crippen molar-refractivity contribution in [3.63, 3.8) is 0 Å². The lowest BCUT2D eigenvalue weighted by Crippen LogP contribution is -2.39. The van der Waals surface area contributed by atoms with Crippen LogP contribution in [0.4, 0.5) is 0 Å². The molecule has 1 aliphatic rings. The maximum atomic E-state index is 12.0. The van der Waals surface area contributed by atoms with Crippen molar-refractivity contribution >= 4 is 5.91 Å². The standard InChI is InChI=1S/C11H21NO3/c1-9(10-3-4-10)11(14)12(5-7-13)6-8-15-2/h9-10,13H,3-8H2,1-2H3. The van der Waals surface area contributed by atoms with Crippen LogP contribution in [0.1, 0.15) is 19.8 Å². The number of carbonyl (C=O) groups is 1. The summed E-state index contributed by atoms with van der Waals surface area (Å²) in [4.78, 5) is 13.7. The SMILES string of the molecule is COCCN(CCO)C(=O)C(C)C1CC1. The molecule has 0 aromatic rings. The minimum atomic E-state index is 0.0207. The second kappa shape index (κ2) is 6.08. The average Bonchev–Trinajstić information content (AvgIpc) is 3.05. The van der Waals surface area contributed by atoms with Gasteiger partial charge in [-0.1, -0.05) is 6.92 Å². The Morgan fingerprint density at radius 3 is 2.67 bits per heavy atom. The van der Waals surface area contributed by atoms with E-state index in [1.165, 1.54) is 12.8 Å². The fourth-order valence-electron chi connectivity index (χ4n) is 1.74. The third-order valence-electron chi connectivity index (χ3n) is 2.97. The quantitative estimate of drug-likeness (QED) is 0.673. The molecule has 0 saturated heterocycles. The van der Waals surface area contributed by atoms with Crippen molar-refractivity contribution < 1.29 is 14.6 Å². The Hall–Kier alpha value is -0.610. The lowest BCUT2D eigenvalue weighted by Gasteiger charge is -2.24. The summed E-state index contributed by atoms with van der Waals surface area (Å²) in [5, 5.41) is 8.89. The molecule has 15 heavy (non-hydrogen) atoms. The second-order valence-electron chi connectivity index (χ2n) is 4.17. The van der Waals surface area contributed by atoms with Gasteiger partial charge in [-0.05, 0) is 18.8 Å². The van der Waals surface area contributed by atoms with Gasteiger partial charge >= 0.3 is 0 Å². The van der Waals surface area contributed by atoms with Gasteiger partial charge in [0.25, 0.3) is 0 Å². The Balaban J connectivity index is 2.41. The van der Waals surface area contributed by atoms with E-state index in [4.69, 9.17) is 9.84 Å². The van der Waals surface area contributed by atoms with Gasteiger partial charge in [-0.3, -0.25) is 4.79 Å². The van der Waals surface area contributed by atoms with Crippen LogP contribution in [0, 0.1) is 11.8 Å². The van der Waals surface area contributed by atoms with Gasteiger partial charge in [-0.15, -0.1) is 0 Å². The molecule has 0 radical (unpaired) electrons. The molecule has 1 amide bonds. The number of aliphatic hydroxyl groups excluding tert-OH is 1. The minimum absolute atomic E-state index is 0.0207. The molecule has 4 nitrogen and oxygen atoms in total. The largest absolute Gasteiger partial charge is 0.395 e. The molecule has 0 aromatic heterocycles. The molecule has 4 heteroatoms. The van der Waals surface area contributed by atoms with E-state index in [2.05, 4.69) is 0 Å². The first-order chi connectivity index (χ1) is 7.20. The molecule has 1 saturated carbocycles. The number of ether oxygens (including phenoxy) is 1. The molecular formula is C11H21NO3. The number of hydrogen-bond acceptors (Lipinski definition) is 3. The summed E-state index contributed by atoms with van der Waals surface area (Å²) in [6, 6.07) is 0. The highest BCUT2D eigenvalue weighted by molar-refractivity contribution is 5.79. The fourth-order valence-corrected chi connectivity index (χ4v) is 1.74. The van der Waals surface area contributed by atoms with Gasteiger partial charge in [0.05, 0.1) is 13.2 Å². The van der Waals surface area contributed by atoms with E-state index in [9.17, 15) is 4.79 Å². The summed E-state index contributed by atoms with van der Waals surface area (Å²) in [5.74, 6) is 0.832.